The predicted molar refractivity (Wildman–Crippen MR) is 87.5 cm³/mol. The molecule has 1 aliphatic carbocycles. The molecule has 25 heavy (non-hydrogen) atoms. The van der Waals surface area contributed by atoms with Crippen LogP contribution in [0.5, 0.6) is 0 Å². The molecule has 2 N–H and O–H groups in total. The van der Waals surface area contributed by atoms with E-state index in [9.17, 15) is 14.4 Å². The van der Waals surface area contributed by atoms with Gasteiger partial charge in [0.2, 0.25) is 5.56 Å². The van der Waals surface area contributed by atoms with Gasteiger partial charge in [0, 0.05) is 25.9 Å². The Labute approximate surface area is 144 Å². The maximum absolute atomic E-state index is 12.9. The van der Waals surface area contributed by atoms with Crippen LogP contribution in [0.25, 0.3) is 0 Å². The van der Waals surface area contributed by atoms with E-state index in [4.69, 9.17) is 14.6 Å². The normalized spacial score (nSPS) is 28.6. The van der Waals surface area contributed by atoms with Crippen LogP contribution in [0.1, 0.15) is 36.0 Å². The zero-order valence-electron chi connectivity index (χ0n) is 14.1. The molecule has 1 saturated carbocycles. The number of amides is 1. The van der Waals surface area contributed by atoms with Crippen LogP contribution in [-0.4, -0.2) is 64.9 Å². The van der Waals surface area contributed by atoms with E-state index in [0.717, 1.165) is 6.42 Å². The lowest BCUT2D eigenvalue weighted by atomic mass is 9.79. The number of rotatable bonds is 5. The first-order valence-electron chi connectivity index (χ1n) is 8.33. The highest BCUT2D eigenvalue weighted by Crippen LogP contribution is 2.43. The van der Waals surface area contributed by atoms with Gasteiger partial charge in [-0.05, 0) is 31.7 Å². The number of carbonyl (C=O) groups excluding carboxylic acids is 1. The first-order valence-corrected chi connectivity index (χ1v) is 8.33. The molecule has 0 bridgehead atoms. The lowest BCUT2D eigenvalue weighted by molar-refractivity contribution is -0.148. The van der Waals surface area contributed by atoms with E-state index in [0.29, 0.717) is 31.4 Å². The smallest absolute Gasteiger partial charge is 0.329 e. The maximum Gasteiger partial charge on any atom is 0.329 e. The molecule has 2 heterocycles. The molecule has 0 unspecified atom stereocenters. The Morgan fingerprint density at radius 2 is 2.20 bits per heavy atom. The van der Waals surface area contributed by atoms with E-state index < -0.39 is 11.6 Å². The van der Waals surface area contributed by atoms with Crippen LogP contribution in [0.4, 0.5) is 0 Å². The summed E-state index contributed by atoms with van der Waals surface area (Å²) < 4.78 is 11.2. The highest BCUT2D eigenvalue weighted by Gasteiger charge is 2.52. The summed E-state index contributed by atoms with van der Waals surface area (Å²) in [6.45, 7) is 0.216. The van der Waals surface area contributed by atoms with Crippen molar-refractivity contribution in [2.45, 2.75) is 43.4 Å². The largest absolute Gasteiger partial charge is 0.480 e. The summed E-state index contributed by atoms with van der Waals surface area (Å²) in [7, 11) is 1.65. The molecule has 1 aromatic heterocycles. The average molecular weight is 350 g/mol. The Morgan fingerprint density at radius 1 is 1.40 bits per heavy atom. The number of nitrogens with one attached hydrogen (secondary N) is 1. The fourth-order valence-corrected chi connectivity index (χ4v) is 3.96. The molecule has 8 nitrogen and oxygen atoms in total. The van der Waals surface area contributed by atoms with Crippen molar-refractivity contribution in [2.75, 3.05) is 20.3 Å². The Balaban J connectivity index is 1.78. The number of hydrogen-bond acceptors (Lipinski definition) is 5. The van der Waals surface area contributed by atoms with Gasteiger partial charge in [0.15, 0.2) is 0 Å². The SMILES string of the molecule is CO[C@@]12CC[C@@H](OCC(=O)O)C[C@@H]1N(C(=O)c1ccc(=O)[nH]c1)CC2. The molecule has 1 aliphatic heterocycles. The Morgan fingerprint density at radius 3 is 2.84 bits per heavy atom. The summed E-state index contributed by atoms with van der Waals surface area (Å²) in [6, 6.07) is 2.66. The molecule has 136 valence electrons. The van der Waals surface area contributed by atoms with E-state index >= 15 is 0 Å². The summed E-state index contributed by atoms with van der Waals surface area (Å²) in [5.41, 5.74) is -0.259. The minimum Gasteiger partial charge on any atom is -0.480 e. The van der Waals surface area contributed by atoms with Gasteiger partial charge in [-0.25, -0.2) is 4.79 Å². The van der Waals surface area contributed by atoms with Crippen molar-refractivity contribution < 1.29 is 24.2 Å². The fraction of sp³-hybridized carbons (Fsp3) is 0.588. The zero-order chi connectivity index (χ0) is 18.0. The van der Waals surface area contributed by atoms with Crippen molar-refractivity contribution in [3.63, 3.8) is 0 Å². The van der Waals surface area contributed by atoms with Crippen molar-refractivity contribution in [1.29, 1.82) is 0 Å². The summed E-state index contributed by atoms with van der Waals surface area (Å²) in [6.07, 6.45) is 3.89. The van der Waals surface area contributed by atoms with Gasteiger partial charge in [0.05, 0.1) is 23.3 Å². The van der Waals surface area contributed by atoms with E-state index in [2.05, 4.69) is 4.98 Å². The van der Waals surface area contributed by atoms with Crippen molar-refractivity contribution >= 4 is 11.9 Å². The van der Waals surface area contributed by atoms with Crippen LogP contribution >= 0.6 is 0 Å². The van der Waals surface area contributed by atoms with E-state index in [1.54, 1.807) is 12.0 Å². The number of fused-ring (bicyclic) bond motifs is 1. The van der Waals surface area contributed by atoms with Gasteiger partial charge in [0.25, 0.3) is 5.91 Å². The highest BCUT2D eigenvalue weighted by molar-refractivity contribution is 5.94. The third kappa shape index (κ3) is 3.45. The number of aromatic amines is 1. The minimum absolute atomic E-state index is 0.168. The van der Waals surface area contributed by atoms with Crippen LogP contribution in [0.15, 0.2) is 23.1 Å². The minimum atomic E-state index is -1.00. The van der Waals surface area contributed by atoms with Gasteiger partial charge in [-0.1, -0.05) is 0 Å². The number of aromatic nitrogens is 1. The standard InChI is InChI=1S/C17H22N2O6/c1-24-17-5-4-12(25-10-15(21)22)8-13(17)19(7-6-17)16(23)11-2-3-14(20)18-9-11/h2-3,9,12-13H,4-8,10H2,1H3,(H,18,20)(H,21,22)/t12-,13+,17-/m1/s1. The molecule has 0 aromatic carbocycles. The number of nitrogens with zero attached hydrogens (tertiary/aromatic N) is 1. The molecule has 2 aliphatic rings. The van der Waals surface area contributed by atoms with Crippen LogP contribution < -0.4 is 5.56 Å². The number of pyridine rings is 1. The van der Waals surface area contributed by atoms with Crippen molar-refractivity contribution in [3.8, 4) is 0 Å². The monoisotopic (exact) mass is 350 g/mol. The highest BCUT2D eigenvalue weighted by atomic mass is 16.5. The number of hydrogen-bond donors (Lipinski definition) is 2. The Bertz CT molecular complexity index is 697. The van der Waals surface area contributed by atoms with Gasteiger partial charge in [-0.15, -0.1) is 0 Å². The third-order valence-electron chi connectivity index (χ3n) is 5.28. The molecule has 1 saturated heterocycles. The summed E-state index contributed by atoms with van der Waals surface area (Å²) in [4.78, 5) is 39.1. The van der Waals surface area contributed by atoms with E-state index in [1.807, 2.05) is 0 Å². The topological polar surface area (TPSA) is 109 Å². The number of ether oxygens (including phenoxy) is 2. The molecular formula is C17H22N2O6. The molecule has 2 fully saturated rings. The first kappa shape index (κ1) is 17.6. The molecule has 1 aromatic rings. The molecule has 1 amide bonds. The molecule has 3 rings (SSSR count). The van der Waals surface area contributed by atoms with Crippen molar-refractivity contribution in [1.82, 2.24) is 9.88 Å². The molecule has 0 spiro atoms. The zero-order valence-corrected chi connectivity index (χ0v) is 14.1. The quantitative estimate of drug-likeness (QED) is 0.806. The number of carboxylic acid groups (broad SMARTS) is 1. The van der Waals surface area contributed by atoms with Gasteiger partial charge in [0.1, 0.15) is 6.61 Å². The fourth-order valence-electron chi connectivity index (χ4n) is 3.96. The Hall–Kier alpha value is -2.19. The summed E-state index contributed by atoms with van der Waals surface area (Å²) in [5, 5.41) is 8.80. The summed E-state index contributed by atoms with van der Waals surface area (Å²) in [5.74, 6) is -1.17. The molecular weight excluding hydrogens is 328 g/mol. The maximum atomic E-state index is 12.9. The number of carboxylic acids is 1. The van der Waals surface area contributed by atoms with E-state index in [-0.39, 0.29) is 30.2 Å². The second-order valence-corrected chi connectivity index (χ2v) is 6.58. The molecule has 8 heteroatoms. The van der Waals surface area contributed by atoms with Crippen molar-refractivity contribution in [3.05, 3.63) is 34.2 Å². The van der Waals surface area contributed by atoms with Gasteiger partial charge in [-0.2, -0.15) is 0 Å². The Kier molecular flexibility index (Phi) is 4.91. The first-order chi connectivity index (χ1) is 11.9. The second kappa shape index (κ2) is 6.97. The number of methoxy groups -OCH3 is 1. The number of likely N-dealkylation sites (tertiary alicyclic amines) is 1. The lowest BCUT2D eigenvalue weighted by Crippen LogP contribution is -2.53. The van der Waals surface area contributed by atoms with Gasteiger partial charge >= 0.3 is 5.97 Å². The average Bonchev–Trinajstić information content (AvgIpc) is 2.99. The molecule has 3 atom stereocenters. The predicted octanol–water partition coefficient (Wildman–Crippen LogP) is 0.628. The van der Waals surface area contributed by atoms with Gasteiger partial charge in [-0.3, -0.25) is 9.59 Å². The third-order valence-corrected chi connectivity index (χ3v) is 5.28. The van der Waals surface area contributed by atoms with Crippen LogP contribution in [0, 0.1) is 0 Å². The number of H-pyrrole nitrogens is 1. The lowest BCUT2D eigenvalue weighted by Gasteiger charge is -2.43. The summed E-state index contributed by atoms with van der Waals surface area (Å²) >= 11 is 0. The van der Waals surface area contributed by atoms with E-state index in [1.165, 1.54) is 18.3 Å². The molecule has 0 radical (unpaired) electrons. The van der Waals surface area contributed by atoms with Gasteiger partial charge < -0.3 is 24.5 Å². The second-order valence-electron chi connectivity index (χ2n) is 6.58. The van der Waals surface area contributed by atoms with Crippen molar-refractivity contribution in [2.24, 2.45) is 0 Å². The number of carbonyl (C=O) groups is 2. The number of aliphatic carboxylic acids is 1. The van der Waals surface area contributed by atoms with Crippen LogP contribution in [-0.2, 0) is 14.3 Å². The van der Waals surface area contributed by atoms with Crippen LogP contribution in [0.3, 0.4) is 0 Å². The van der Waals surface area contributed by atoms with Crippen LogP contribution in [0.2, 0.25) is 0 Å².